The van der Waals surface area contributed by atoms with Crippen molar-refractivity contribution in [2.75, 3.05) is 0 Å². The first-order valence-electron chi connectivity index (χ1n) is 7.89. The van der Waals surface area contributed by atoms with Gasteiger partial charge in [-0.1, -0.05) is 19.1 Å². The summed E-state index contributed by atoms with van der Waals surface area (Å²) < 4.78 is 0. The zero-order chi connectivity index (χ0) is 19.2. The molecule has 0 bridgehead atoms. The molecule has 7 heteroatoms. The van der Waals surface area contributed by atoms with Gasteiger partial charge in [-0.15, -0.1) is 0 Å². The monoisotopic (exact) mass is 356 g/mol. The second-order valence-corrected chi connectivity index (χ2v) is 6.32. The SMILES string of the molecule is C[C@H]1CC(=O)c2c(cc(O)c(O)c2C(=O)c2cccc(O)c2C=O)[C@@H]1O. The summed E-state index contributed by atoms with van der Waals surface area (Å²) in [6, 6.07) is 4.87. The maximum Gasteiger partial charge on any atom is 0.198 e. The van der Waals surface area contributed by atoms with E-state index in [0.29, 0.717) is 0 Å². The van der Waals surface area contributed by atoms with E-state index < -0.39 is 46.4 Å². The number of fused-ring (bicyclic) bond motifs is 1. The van der Waals surface area contributed by atoms with Crippen molar-refractivity contribution in [2.45, 2.75) is 19.4 Å². The van der Waals surface area contributed by atoms with E-state index in [-0.39, 0.29) is 35.0 Å². The van der Waals surface area contributed by atoms with Gasteiger partial charge in [0.05, 0.1) is 17.2 Å². The molecule has 0 aromatic heterocycles. The third-order valence-electron chi connectivity index (χ3n) is 4.63. The van der Waals surface area contributed by atoms with E-state index in [4.69, 9.17) is 0 Å². The Balaban J connectivity index is 2.31. The third kappa shape index (κ3) is 2.53. The van der Waals surface area contributed by atoms with Crippen LogP contribution in [0.15, 0.2) is 24.3 Å². The Morgan fingerprint density at radius 3 is 2.54 bits per heavy atom. The topological polar surface area (TPSA) is 132 Å². The standard InChI is InChI=1S/C19H16O7/c1-8-5-13(22)15-10(17(8)24)6-14(23)19(26)16(15)18(25)9-3-2-4-12(21)11(9)7-20/h2-4,6-8,17,21,23-24,26H,5H2,1H3/t8-,17+/m0/s1. The van der Waals surface area contributed by atoms with E-state index in [1.54, 1.807) is 6.92 Å². The zero-order valence-electron chi connectivity index (χ0n) is 13.8. The molecule has 0 aliphatic heterocycles. The minimum absolute atomic E-state index is 0.0419. The van der Waals surface area contributed by atoms with Crippen LogP contribution in [0.2, 0.25) is 0 Å². The summed E-state index contributed by atoms with van der Waals surface area (Å²) in [6.45, 7) is 1.65. The van der Waals surface area contributed by atoms with E-state index in [1.165, 1.54) is 18.2 Å². The molecule has 2 aromatic rings. The highest BCUT2D eigenvalue weighted by Crippen LogP contribution is 2.44. The highest BCUT2D eigenvalue weighted by atomic mass is 16.3. The number of Topliss-reactive ketones (excluding diaryl/α,β-unsaturated/α-hetero) is 1. The van der Waals surface area contributed by atoms with E-state index in [9.17, 15) is 34.8 Å². The Morgan fingerprint density at radius 1 is 1.19 bits per heavy atom. The van der Waals surface area contributed by atoms with Gasteiger partial charge in [0.25, 0.3) is 0 Å². The van der Waals surface area contributed by atoms with Gasteiger partial charge < -0.3 is 20.4 Å². The van der Waals surface area contributed by atoms with Crippen LogP contribution in [-0.2, 0) is 0 Å². The highest BCUT2D eigenvalue weighted by molar-refractivity contribution is 6.20. The predicted octanol–water partition coefficient (Wildman–Crippen LogP) is 2.10. The first-order chi connectivity index (χ1) is 12.3. The molecule has 0 saturated heterocycles. The van der Waals surface area contributed by atoms with Gasteiger partial charge >= 0.3 is 0 Å². The maximum absolute atomic E-state index is 13.0. The number of aldehydes is 1. The summed E-state index contributed by atoms with van der Waals surface area (Å²) in [6.07, 6.45) is -0.859. The van der Waals surface area contributed by atoms with Crippen LogP contribution in [0.3, 0.4) is 0 Å². The Labute approximate surface area is 148 Å². The number of carbonyl (C=O) groups is 3. The molecule has 4 N–H and O–H groups in total. The van der Waals surface area contributed by atoms with Crippen LogP contribution >= 0.6 is 0 Å². The van der Waals surface area contributed by atoms with Crippen LogP contribution in [0.1, 0.15) is 61.6 Å². The Kier molecular flexibility index (Phi) is 4.25. The fourth-order valence-corrected chi connectivity index (χ4v) is 3.26. The minimum atomic E-state index is -1.10. The number of aliphatic hydroxyl groups is 1. The lowest BCUT2D eigenvalue weighted by molar-refractivity contribution is 0.0743. The van der Waals surface area contributed by atoms with Crippen molar-refractivity contribution < 1.29 is 34.8 Å². The predicted molar refractivity (Wildman–Crippen MR) is 89.8 cm³/mol. The van der Waals surface area contributed by atoms with Crippen LogP contribution in [0, 0.1) is 5.92 Å². The van der Waals surface area contributed by atoms with Crippen molar-refractivity contribution in [2.24, 2.45) is 5.92 Å². The molecule has 0 amide bonds. The van der Waals surface area contributed by atoms with Crippen molar-refractivity contribution in [1.29, 1.82) is 0 Å². The molecule has 0 heterocycles. The number of rotatable bonds is 3. The van der Waals surface area contributed by atoms with Gasteiger partial charge in [-0.2, -0.15) is 0 Å². The number of ketones is 2. The van der Waals surface area contributed by atoms with Crippen LogP contribution in [-0.4, -0.2) is 38.3 Å². The number of hydrogen-bond acceptors (Lipinski definition) is 7. The maximum atomic E-state index is 13.0. The van der Waals surface area contributed by atoms with Gasteiger partial charge in [-0.05, 0) is 23.6 Å². The molecule has 0 fully saturated rings. The van der Waals surface area contributed by atoms with E-state index in [2.05, 4.69) is 0 Å². The first-order valence-corrected chi connectivity index (χ1v) is 7.89. The van der Waals surface area contributed by atoms with Crippen molar-refractivity contribution >= 4 is 17.9 Å². The fourth-order valence-electron chi connectivity index (χ4n) is 3.26. The fraction of sp³-hybridized carbons (Fsp3) is 0.211. The summed E-state index contributed by atoms with van der Waals surface area (Å²) in [4.78, 5) is 36.7. The number of carbonyl (C=O) groups excluding carboxylic acids is 3. The summed E-state index contributed by atoms with van der Waals surface area (Å²) >= 11 is 0. The number of aromatic hydroxyl groups is 3. The summed E-state index contributed by atoms with van der Waals surface area (Å²) in [5.41, 5.74) is -1.17. The molecule has 0 unspecified atom stereocenters. The second kappa shape index (κ2) is 6.27. The highest BCUT2D eigenvalue weighted by Gasteiger charge is 2.37. The number of phenols is 3. The van der Waals surface area contributed by atoms with E-state index in [1.807, 2.05) is 0 Å². The molecular formula is C19H16O7. The third-order valence-corrected chi connectivity index (χ3v) is 4.63. The molecule has 7 nitrogen and oxygen atoms in total. The van der Waals surface area contributed by atoms with Gasteiger partial charge in [0.15, 0.2) is 29.4 Å². The molecule has 26 heavy (non-hydrogen) atoms. The molecule has 0 radical (unpaired) electrons. The van der Waals surface area contributed by atoms with Gasteiger partial charge in [0.2, 0.25) is 0 Å². The number of aliphatic hydroxyl groups excluding tert-OH is 1. The van der Waals surface area contributed by atoms with Gasteiger partial charge in [0, 0.05) is 17.5 Å². The van der Waals surface area contributed by atoms with Crippen molar-refractivity contribution in [3.8, 4) is 17.2 Å². The lowest BCUT2D eigenvalue weighted by atomic mass is 9.77. The Bertz CT molecular complexity index is 945. The molecule has 1 aliphatic rings. The summed E-state index contributed by atoms with van der Waals surface area (Å²) in [5, 5.41) is 40.3. The lowest BCUT2D eigenvalue weighted by Crippen LogP contribution is -2.26. The first kappa shape index (κ1) is 17.6. The average Bonchev–Trinajstić information content (AvgIpc) is 2.60. The Hall–Kier alpha value is -3.19. The van der Waals surface area contributed by atoms with Crippen molar-refractivity contribution in [1.82, 2.24) is 0 Å². The van der Waals surface area contributed by atoms with Gasteiger partial charge in [-0.3, -0.25) is 14.4 Å². The molecular weight excluding hydrogens is 340 g/mol. The van der Waals surface area contributed by atoms with E-state index in [0.717, 1.165) is 6.07 Å². The van der Waals surface area contributed by atoms with E-state index >= 15 is 0 Å². The van der Waals surface area contributed by atoms with Crippen LogP contribution < -0.4 is 0 Å². The Morgan fingerprint density at radius 2 is 1.88 bits per heavy atom. The van der Waals surface area contributed by atoms with Gasteiger partial charge in [0.1, 0.15) is 5.75 Å². The normalized spacial score (nSPS) is 19.1. The molecule has 1 aliphatic carbocycles. The van der Waals surface area contributed by atoms with Crippen molar-refractivity contribution in [3.05, 3.63) is 52.1 Å². The lowest BCUT2D eigenvalue weighted by Gasteiger charge is -2.28. The molecule has 0 spiro atoms. The van der Waals surface area contributed by atoms with Crippen LogP contribution in [0.4, 0.5) is 0 Å². The summed E-state index contributed by atoms with van der Waals surface area (Å²) in [7, 11) is 0. The second-order valence-electron chi connectivity index (χ2n) is 6.32. The molecule has 134 valence electrons. The van der Waals surface area contributed by atoms with Gasteiger partial charge in [-0.25, -0.2) is 0 Å². The minimum Gasteiger partial charge on any atom is -0.507 e. The molecule has 2 aromatic carbocycles. The van der Waals surface area contributed by atoms with Crippen molar-refractivity contribution in [3.63, 3.8) is 0 Å². The molecule has 3 rings (SSSR count). The molecule has 2 atom stereocenters. The molecule has 0 saturated carbocycles. The van der Waals surface area contributed by atoms with Crippen LogP contribution in [0.5, 0.6) is 17.2 Å². The number of phenolic OH excluding ortho intramolecular Hbond substituents is 3. The summed E-state index contributed by atoms with van der Waals surface area (Å²) in [5.74, 6) is -3.72. The number of hydrogen-bond donors (Lipinski definition) is 4. The zero-order valence-corrected chi connectivity index (χ0v) is 13.8. The average molecular weight is 356 g/mol. The largest absolute Gasteiger partial charge is 0.507 e. The quantitative estimate of drug-likeness (QED) is 0.376. The van der Waals surface area contributed by atoms with Crippen LogP contribution in [0.25, 0.3) is 0 Å². The smallest absolute Gasteiger partial charge is 0.198 e. The number of benzene rings is 2.